The first-order valence-electron chi connectivity index (χ1n) is 9.38. The van der Waals surface area contributed by atoms with Gasteiger partial charge in [0, 0.05) is 22.4 Å². The van der Waals surface area contributed by atoms with Gasteiger partial charge in [-0.1, -0.05) is 35.2 Å². The third kappa shape index (κ3) is 3.14. The third-order valence-corrected chi connectivity index (χ3v) is 6.06. The van der Waals surface area contributed by atoms with Crippen LogP contribution in [0.25, 0.3) is 21.9 Å². The molecular formula is C20H25BrN4. The van der Waals surface area contributed by atoms with Gasteiger partial charge < -0.3 is 5.32 Å². The molecule has 2 heterocycles. The SMILES string of the molecule is CCn1ncc2c(N[C@@H](C)C3CCCCC3)c3cc(Br)ccc3nc21. The maximum absolute atomic E-state index is 4.87. The lowest BCUT2D eigenvalue weighted by molar-refractivity contribution is 0.328. The zero-order valence-corrected chi connectivity index (χ0v) is 16.5. The lowest BCUT2D eigenvalue weighted by atomic mass is 9.84. The second kappa shape index (κ2) is 6.94. The van der Waals surface area contributed by atoms with Crippen molar-refractivity contribution >= 4 is 43.6 Å². The van der Waals surface area contributed by atoms with Crippen LogP contribution in [0.15, 0.2) is 28.9 Å². The third-order valence-electron chi connectivity index (χ3n) is 5.56. The first kappa shape index (κ1) is 16.8. The van der Waals surface area contributed by atoms with Crippen molar-refractivity contribution in [1.29, 1.82) is 0 Å². The fourth-order valence-corrected chi connectivity index (χ4v) is 4.47. The highest BCUT2D eigenvalue weighted by molar-refractivity contribution is 9.10. The van der Waals surface area contributed by atoms with Crippen molar-refractivity contribution in [2.45, 2.75) is 58.5 Å². The largest absolute Gasteiger partial charge is 0.381 e. The molecule has 1 aromatic carbocycles. The maximum atomic E-state index is 4.87. The number of nitrogens with one attached hydrogen (secondary N) is 1. The summed E-state index contributed by atoms with van der Waals surface area (Å²) in [4.78, 5) is 4.87. The van der Waals surface area contributed by atoms with E-state index in [2.05, 4.69) is 58.4 Å². The Morgan fingerprint density at radius 3 is 2.80 bits per heavy atom. The van der Waals surface area contributed by atoms with Crippen LogP contribution in [0.3, 0.4) is 0 Å². The molecule has 1 saturated carbocycles. The van der Waals surface area contributed by atoms with Crippen molar-refractivity contribution in [1.82, 2.24) is 14.8 Å². The van der Waals surface area contributed by atoms with Crippen molar-refractivity contribution in [2.75, 3.05) is 5.32 Å². The van der Waals surface area contributed by atoms with E-state index < -0.39 is 0 Å². The normalized spacial score (nSPS) is 17.2. The molecule has 0 spiro atoms. The summed E-state index contributed by atoms with van der Waals surface area (Å²) < 4.78 is 3.06. The molecule has 25 heavy (non-hydrogen) atoms. The Hall–Kier alpha value is -1.62. The molecule has 0 bridgehead atoms. The standard InChI is InChI=1S/C20H25BrN4/c1-3-25-20-17(12-22-25)19(16-11-15(21)9-10-18(16)24-20)23-13(2)14-7-5-4-6-8-14/h9-14H,3-8H2,1-2H3,(H,23,24)/t13-/m0/s1. The number of fused-ring (bicyclic) bond motifs is 2. The molecule has 0 unspecified atom stereocenters. The molecule has 5 heteroatoms. The van der Waals surface area contributed by atoms with Gasteiger partial charge in [-0.3, -0.25) is 0 Å². The Morgan fingerprint density at radius 1 is 1.24 bits per heavy atom. The summed E-state index contributed by atoms with van der Waals surface area (Å²) in [5.41, 5.74) is 3.17. The topological polar surface area (TPSA) is 42.7 Å². The van der Waals surface area contributed by atoms with Gasteiger partial charge in [0.25, 0.3) is 0 Å². The highest BCUT2D eigenvalue weighted by atomic mass is 79.9. The smallest absolute Gasteiger partial charge is 0.160 e. The minimum Gasteiger partial charge on any atom is -0.381 e. The molecule has 3 aromatic rings. The minimum absolute atomic E-state index is 0.457. The van der Waals surface area contributed by atoms with Crippen molar-refractivity contribution in [2.24, 2.45) is 5.92 Å². The van der Waals surface area contributed by atoms with Crippen LogP contribution in [0.5, 0.6) is 0 Å². The number of anilines is 1. The molecule has 0 radical (unpaired) electrons. The summed E-state index contributed by atoms with van der Waals surface area (Å²) in [6.45, 7) is 5.27. The number of aromatic nitrogens is 3. The second-order valence-electron chi connectivity index (χ2n) is 7.18. The van der Waals surface area contributed by atoms with Gasteiger partial charge in [-0.15, -0.1) is 0 Å². The van der Waals surface area contributed by atoms with Gasteiger partial charge in [0.05, 0.1) is 22.8 Å². The summed E-state index contributed by atoms with van der Waals surface area (Å²) in [7, 11) is 0. The number of aryl methyl sites for hydroxylation is 1. The van der Waals surface area contributed by atoms with Crippen LogP contribution in [0.2, 0.25) is 0 Å². The van der Waals surface area contributed by atoms with Crippen LogP contribution in [0, 0.1) is 5.92 Å². The summed E-state index contributed by atoms with van der Waals surface area (Å²) >= 11 is 3.62. The maximum Gasteiger partial charge on any atom is 0.160 e. The zero-order valence-electron chi connectivity index (χ0n) is 14.9. The lowest BCUT2D eigenvalue weighted by Crippen LogP contribution is -2.27. The van der Waals surface area contributed by atoms with Crippen LogP contribution in [0.1, 0.15) is 46.0 Å². The van der Waals surface area contributed by atoms with Crippen LogP contribution < -0.4 is 5.32 Å². The molecule has 1 aliphatic carbocycles. The van der Waals surface area contributed by atoms with Crippen LogP contribution in [0.4, 0.5) is 5.69 Å². The van der Waals surface area contributed by atoms with E-state index in [-0.39, 0.29) is 0 Å². The molecule has 0 aliphatic heterocycles. The van der Waals surface area contributed by atoms with Crippen LogP contribution in [-0.2, 0) is 6.54 Å². The lowest BCUT2D eigenvalue weighted by Gasteiger charge is -2.29. The number of nitrogens with zero attached hydrogens (tertiary/aromatic N) is 3. The van der Waals surface area contributed by atoms with Gasteiger partial charge in [-0.25, -0.2) is 9.67 Å². The first-order valence-corrected chi connectivity index (χ1v) is 10.2. The van der Waals surface area contributed by atoms with Gasteiger partial charge in [-0.2, -0.15) is 5.10 Å². The Labute approximate surface area is 157 Å². The molecule has 1 fully saturated rings. The van der Waals surface area contributed by atoms with E-state index in [9.17, 15) is 0 Å². The number of hydrogen-bond acceptors (Lipinski definition) is 3. The number of halogens is 1. The van der Waals surface area contributed by atoms with E-state index in [0.29, 0.717) is 6.04 Å². The summed E-state index contributed by atoms with van der Waals surface area (Å²) in [5.74, 6) is 0.750. The Kier molecular flexibility index (Phi) is 4.67. The number of hydrogen-bond donors (Lipinski definition) is 1. The second-order valence-corrected chi connectivity index (χ2v) is 8.09. The van der Waals surface area contributed by atoms with Crippen molar-refractivity contribution in [3.8, 4) is 0 Å². The van der Waals surface area contributed by atoms with Crippen molar-refractivity contribution in [3.05, 3.63) is 28.9 Å². The number of benzene rings is 1. The highest BCUT2D eigenvalue weighted by Gasteiger charge is 2.22. The predicted octanol–water partition coefficient (Wildman–Crippen LogP) is 5.75. The van der Waals surface area contributed by atoms with E-state index in [4.69, 9.17) is 4.98 Å². The van der Waals surface area contributed by atoms with Crippen molar-refractivity contribution < 1.29 is 0 Å². The van der Waals surface area contributed by atoms with Gasteiger partial charge in [0.2, 0.25) is 0 Å². The quantitative estimate of drug-likeness (QED) is 0.606. The summed E-state index contributed by atoms with van der Waals surface area (Å²) in [6, 6.07) is 6.77. The summed E-state index contributed by atoms with van der Waals surface area (Å²) in [5, 5.41) is 10.7. The van der Waals surface area contributed by atoms with E-state index >= 15 is 0 Å². The Balaban J connectivity index is 1.83. The van der Waals surface area contributed by atoms with Crippen LogP contribution in [-0.4, -0.2) is 20.8 Å². The Bertz CT molecular complexity index is 895. The van der Waals surface area contributed by atoms with Crippen LogP contribution >= 0.6 is 15.9 Å². The first-order chi connectivity index (χ1) is 12.2. The average Bonchev–Trinajstić information content (AvgIpc) is 3.05. The molecule has 2 aromatic heterocycles. The zero-order chi connectivity index (χ0) is 17.4. The van der Waals surface area contributed by atoms with Gasteiger partial charge in [0.15, 0.2) is 5.65 Å². The molecule has 132 valence electrons. The van der Waals surface area contributed by atoms with E-state index in [0.717, 1.165) is 33.5 Å². The molecule has 1 aliphatic rings. The van der Waals surface area contributed by atoms with E-state index in [1.165, 1.54) is 43.2 Å². The molecule has 0 saturated heterocycles. The molecule has 1 atom stereocenters. The fourth-order valence-electron chi connectivity index (χ4n) is 4.10. The predicted molar refractivity (Wildman–Crippen MR) is 108 cm³/mol. The average molecular weight is 401 g/mol. The molecular weight excluding hydrogens is 376 g/mol. The van der Waals surface area contributed by atoms with Gasteiger partial charge in [0.1, 0.15) is 0 Å². The Morgan fingerprint density at radius 2 is 2.04 bits per heavy atom. The van der Waals surface area contributed by atoms with Gasteiger partial charge in [-0.05, 0) is 50.8 Å². The van der Waals surface area contributed by atoms with E-state index in [1.54, 1.807) is 0 Å². The van der Waals surface area contributed by atoms with Crippen molar-refractivity contribution in [3.63, 3.8) is 0 Å². The van der Waals surface area contributed by atoms with Gasteiger partial charge >= 0.3 is 0 Å². The highest BCUT2D eigenvalue weighted by Crippen LogP contribution is 2.35. The fraction of sp³-hybridized carbons (Fsp3) is 0.500. The number of pyridine rings is 1. The molecule has 0 amide bonds. The van der Waals surface area contributed by atoms with E-state index in [1.807, 2.05) is 10.9 Å². The minimum atomic E-state index is 0.457. The molecule has 4 nitrogen and oxygen atoms in total. The molecule has 4 rings (SSSR count). The molecule has 1 N–H and O–H groups in total. The summed E-state index contributed by atoms with van der Waals surface area (Å²) in [6.07, 6.45) is 8.74. The monoisotopic (exact) mass is 400 g/mol. The number of rotatable bonds is 4.